The Morgan fingerprint density at radius 2 is 2.12 bits per heavy atom. The molecule has 0 radical (unpaired) electrons. The van der Waals surface area contributed by atoms with Crippen molar-refractivity contribution in [3.63, 3.8) is 0 Å². The summed E-state index contributed by atoms with van der Waals surface area (Å²) in [6.07, 6.45) is 0. The molecule has 126 valence electrons. The quantitative estimate of drug-likeness (QED) is 0.793. The summed E-state index contributed by atoms with van der Waals surface area (Å²) in [5.41, 5.74) is 0.947. The van der Waals surface area contributed by atoms with Gasteiger partial charge in [-0.1, -0.05) is 35.9 Å². The van der Waals surface area contributed by atoms with Crippen LogP contribution in [-0.2, 0) is 4.79 Å². The molecule has 1 fully saturated rings. The molecule has 0 bridgehead atoms. The van der Waals surface area contributed by atoms with Gasteiger partial charge >= 0.3 is 0 Å². The van der Waals surface area contributed by atoms with Crippen molar-refractivity contribution in [2.24, 2.45) is 0 Å². The minimum absolute atomic E-state index is 0.0152. The Bertz CT molecular complexity index is 736. The summed E-state index contributed by atoms with van der Waals surface area (Å²) in [6.45, 7) is 0.985. The fraction of sp³-hybridized carbons (Fsp3) is 0.294. The van der Waals surface area contributed by atoms with Gasteiger partial charge in [0.2, 0.25) is 5.91 Å². The van der Waals surface area contributed by atoms with E-state index in [1.165, 1.54) is 11.3 Å². The molecule has 1 aliphatic heterocycles. The first-order valence-electron chi connectivity index (χ1n) is 7.52. The van der Waals surface area contributed by atoms with Crippen LogP contribution < -0.4 is 0 Å². The zero-order valence-electron chi connectivity index (χ0n) is 13.1. The third kappa shape index (κ3) is 3.61. The van der Waals surface area contributed by atoms with Gasteiger partial charge < -0.3 is 9.80 Å². The van der Waals surface area contributed by atoms with Crippen LogP contribution in [0.5, 0.6) is 0 Å². The van der Waals surface area contributed by atoms with Gasteiger partial charge in [0.25, 0.3) is 5.91 Å². The first-order valence-corrected chi connectivity index (χ1v) is 9.83. The number of rotatable bonds is 5. The Morgan fingerprint density at radius 1 is 1.33 bits per heavy atom. The van der Waals surface area contributed by atoms with Crippen molar-refractivity contribution in [3.8, 4) is 0 Å². The predicted molar refractivity (Wildman–Crippen MR) is 99.6 cm³/mol. The molecule has 1 aliphatic rings. The Hall–Kier alpha value is -1.50. The summed E-state index contributed by atoms with van der Waals surface area (Å²) in [7, 11) is 1.76. The number of likely N-dealkylation sites (N-methyl/N-ethyl adjacent to an activating group) is 1. The molecule has 2 aromatic rings. The average Bonchev–Trinajstić information content (AvgIpc) is 3.23. The van der Waals surface area contributed by atoms with Crippen LogP contribution in [0.4, 0.5) is 0 Å². The lowest BCUT2D eigenvalue weighted by Crippen LogP contribution is -2.38. The summed E-state index contributed by atoms with van der Waals surface area (Å²) in [4.78, 5) is 28.7. The maximum Gasteiger partial charge on any atom is 0.263 e. The highest BCUT2D eigenvalue weighted by atomic mass is 35.5. The van der Waals surface area contributed by atoms with Crippen molar-refractivity contribution in [1.29, 1.82) is 0 Å². The number of halogens is 1. The highest BCUT2D eigenvalue weighted by Gasteiger charge is 2.33. The molecule has 24 heavy (non-hydrogen) atoms. The first-order chi connectivity index (χ1) is 11.6. The second kappa shape index (κ2) is 7.59. The van der Waals surface area contributed by atoms with Crippen molar-refractivity contribution in [2.45, 2.75) is 5.37 Å². The SMILES string of the molecule is CN(CCN1C(=O)CS[C@H]1c1ccccc1Cl)C(=O)c1cccs1. The predicted octanol–water partition coefficient (Wildman–Crippen LogP) is 3.75. The van der Waals surface area contributed by atoms with Gasteiger partial charge in [0.05, 0.1) is 10.6 Å². The Kier molecular flexibility index (Phi) is 5.48. The average molecular weight is 381 g/mol. The first kappa shape index (κ1) is 17.3. The maximum atomic E-state index is 12.3. The topological polar surface area (TPSA) is 40.6 Å². The zero-order chi connectivity index (χ0) is 17.1. The normalized spacial score (nSPS) is 17.3. The summed E-state index contributed by atoms with van der Waals surface area (Å²) in [5, 5.41) is 2.46. The molecule has 0 saturated carbocycles. The van der Waals surface area contributed by atoms with E-state index in [2.05, 4.69) is 0 Å². The highest BCUT2D eigenvalue weighted by Crippen LogP contribution is 2.41. The van der Waals surface area contributed by atoms with E-state index in [0.29, 0.717) is 28.7 Å². The molecule has 0 unspecified atom stereocenters. The molecule has 1 saturated heterocycles. The van der Waals surface area contributed by atoms with Gasteiger partial charge in [0.1, 0.15) is 5.37 Å². The minimum atomic E-state index is -0.0866. The van der Waals surface area contributed by atoms with Gasteiger partial charge in [0.15, 0.2) is 0 Å². The maximum absolute atomic E-state index is 12.3. The van der Waals surface area contributed by atoms with Crippen molar-refractivity contribution >= 4 is 46.5 Å². The molecule has 7 heteroatoms. The fourth-order valence-electron chi connectivity index (χ4n) is 2.58. The van der Waals surface area contributed by atoms with E-state index < -0.39 is 0 Å². The number of benzene rings is 1. The molecule has 1 aromatic carbocycles. The molecule has 3 rings (SSSR count). The van der Waals surface area contributed by atoms with E-state index in [9.17, 15) is 9.59 Å². The molecule has 0 N–H and O–H groups in total. The molecular formula is C17H17ClN2O2S2. The van der Waals surface area contributed by atoms with Crippen molar-refractivity contribution in [2.75, 3.05) is 25.9 Å². The van der Waals surface area contributed by atoms with Crippen LogP contribution in [0.2, 0.25) is 5.02 Å². The van der Waals surface area contributed by atoms with Crippen LogP contribution in [0.3, 0.4) is 0 Å². The highest BCUT2D eigenvalue weighted by molar-refractivity contribution is 8.00. The van der Waals surface area contributed by atoms with Crippen LogP contribution in [0.1, 0.15) is 20.6 Å². The van der Waals surface area contributed by atoms with Gasteiger partial charge in [-0.2, -0.15) is 0 Å². The van der Waals surface area contributed by atoms with Gasteiger partial charge in [-0.15, -0.1) is 23.1 Å². The third-order valence-electron chi connectivity index (χ3n) is 3.89. The number of thioether (sulfide) groups is 1. The van der Waals surface area contributed by atoms with E-state index in [-0.39, 0.29) is 17.2 Å². The fourth-order valence-corrected chi connectivity index (χ4v) is 4.85. The van der Waals surface area contributed by atoms with Crippen molar-refractivity contribution in [3.05, 3.63) is 57.2 Å². The van der Waals surface area contributed by atoms with Gasteiger partial charge in [-0.25, -0.2) is 0 Å². The molecule has 0 aliphatic carbocycles. The minimum Gasteiger partial charge on any atom is -0.339 e. The van der Waals surface area contributed by atoms with Gasteiger partial charge in [-0.05, 0) is 17.5 Å². The number of hydrogen-bond acceptors (Lipinski definition) is 4. The smallest absolute Gasteiger partial charge is 0.263 e. The van der Waals surface area contributed by atoms with E-state index in [4.69, 9.17) is 11.6 Å². The zero-order valence-corrected chi connectivity index (χ0v) is 15.5. The lowest BCUT2D eigenvalue weighted by molar-refractivity contribution is -0.128. The Morgan fingerprint density at radius 3 is 2.83 bits per heavy atom. The lowest BCUT2D eigenvalue weighted by atomic mass is 10.2. The number of thiophene rings is 1. The second-order valence-electron chi connectivity index (χ2n) is 5.48. The summed E-state index contributed by atoms with van der Waals surface area (Å²) in [6, 6.07) is 11.3. The van der Waals surface area contributed by atoms with Crippen molar-refractivity contribution in [1.82, 2.24) is 9.80 Å². The molecule has 2 amide bonds. The number of hydrogen-bond donors (Lipinski definition) is 0. The van der Waals surface area contributed by atoms with Crippen LogP contribution in [0, 0.1) is 0 Å². The van der Waals surface area contributed by atoms with E-state index in [1.807, 2.05) is 46.7 Å². The van der Waals surface area contributed by atoms with E-state index in [1.54, 1.807) is 23.7 Å². The summed E-state index contributed by atoms with van der Waals surface area (Å²) >= 11 is 9.28. The number of nitrogens with zero attached hydrogens (tertiary/aromatic N) is 2. The van der Waals surface area contributed by atoms with Gasteiger partial charge in [0, 0.05) is 30.7 Å². The lowest BCUT2D eigenvalue weighted by Gasteiger charge is -2.27. The molecule has 1 aromatic heterocycles. The largest absolute Gasteiger partial charge is 0.339 e. The number of carbonyl (C=O) groups is 2. The van der Waals surface area contributed by atoms with E-state index in [0.717, 1.165) is 5.56 Å². The molecule has 0 spiro atoms. The van der Waals surface area contributed by atoms with Crippen LogP contribution in [0.25, 0.3) is 0 Å². The van der Waals surface area contributed by atoms with E-state index >= 15 is 0 Å². The van der Waals surface area contributed by atoms with Gasteiger partial charge in [-0.3, -0.25) is 9.59 Å². The Balaban J connectivity index is 1.67. The molecule has 1 atom stereocenters. The van der Waals surface area contributed by atoms with Crippen molar-refractivity contribution < 1.29 is 9.59 Å². The molecular weight excluding hydrogens is 364 g/mol. The standard InChI is InChI=1S/C17H17ClN2O2S2/c1-19(16(22)14-7-4-10-23-14)8-9-20-15(21)11-24-17(20)12-5-2-3-6-13(12)18/h2-7,10,17H,8-9,11H2,1H3/t17-/m0/s1. The monoisotopic (exact) mass is 380 g/mol. The number of amides is 2. The summed E-state index contributed by atoms with van der Waals surface area (Å²) in [5.74, 6) is 0.513. The molecule has 4 nitrogen and oxygen atoms in total. The summed E-state index contributed by atoms with van der Waals surface area (Å²) < 4.78 is 0. The Labute approximate surface area is 154 Å². The second-order valence-corrected chi connectivity index (χ2v) is 7.90. The molecule has 2 heterocycles. The van der Waals surface area contributed by atoms with Crippen LogP contribution >= 0.6 is 34.7 Å². The van der Waals surface area contributed by atoms with Crippen LogP contribution in [-0.4, -0.2) is 47.5 Å². The number of carbonyl (C=O) groups excluding carboxylic acids is 2. The van der Waals surface area contributed by atoms with Crippen LogP contribution in [0.15, 0.2) is 41.8 Å². The third-order valence-corrected chi connectivity index (χ3v) is 6.33.